The highest BCUT2D eigenvalue weighted by Crippen LogP contribution is 2.25. The predicted molar refractivity (Wildman–Crippen MR) is 88.9 cm³/mol. The van der Waals surface area contributed by atoms with Gasteiger partial charge >= 0.3 is 5.97 Å². The molecule has 0 aromatic rings. The summed E-state index contributed by atoms with van der Waals surface area (Å²) < 4.78 is 15.6. The molecule has 1 heterocycles. The standard InChI is InChI=1S/C15H28O9S/c1-3-22-11(18)7-25-6-10-12(19)13(20)14(21)15(24-10)23-5-4-9(17)8(2)16/h8-10,12-17,19-21H,3-7H2,1-2H3/t8-,9+,10?,12+,13?,14?,15+/m1/s1. The number of carbonyl (C=O) groups excluding carboxylic acids is 1. The molecule has 0 aliphatic carbocycles. The Bertz CT molecular complexity index is 395. The van der Waals surface area contributed by atoms with Crippen LogP contribution in [0.3, 0.4) is 0 Å². The zero-order valence-corrected chi connectivity index (χ0v) is 15.2. The van der Waals surface area contributed by atoms with Gasteiger partial charge in [0.25, 0.3) is 0 Å². The second kappa shape index (κ2) is 11.3. The van der Waals surface area contributed by atoms with Crippen LogP contribution in [-0.2, 0) is 19.0 Å². The predicted octanol–water partition coefficient (Wildman–Crippen LogP) is -1.76. The molecule has 0 aromatic carbocycles. The topological polar surface area (TPSA) is 146 Å². The molecule has 1 aliphatic rings. The lowest BCUT2D eigenvalue weighted by Gasteiger charge is -2.40. The van der Waals surface area contributed by atoms with Crippen molar-refractivity contribution in [2.75, 3.05) is 24.7 Å². The van der Waals surface area contributed by atoms with Crippen LogP contribution in [0.15, 0.2) is 0 Å². The van der Waals surface area contributed by atoms with Crippen LogP contribution in [0.5, 0.6) is 0 Å². The van der Waals surface area contributed by atoms with Crippen molar-refractivity contribution in [1.82, 2.24) is 0 Å². The molecule has 0 radical (unpaired) electrons. The van der Waals surface area contributed by atoms with Gasteiger partial charge < -0.3 is 39.7 Å². The SMILES string of the molecule is CCOC(=O)CSCC1O[C@H](OCC[C@H](O)[C@@H](C)O)C(O)C(O)[C@H]1O. The van der Waals surface area contributed by atoms with Gasteiger partial charge in [0.2, 0.25) is 0 Å². The van der Waals surface area contributed by atoms with E-state index in [4.69, 9.17) is 14.2 Å². The van der Waals surface area contributed by atoms with Crippen LogP contribution in [0.1, 0.15) is 20.3 Å². The van der Waals surface area contributed by atoms with Gasteiger partial charge in [-0.3, -0.25) is 4.79 Å². The molecule has 0 bridgehead atoms. The molecule has 1 fully saturated rings. The molecule has 0 spiro atoms. The lowest BCUT2D eigenvalue weighted by atomic mass is 10.00. The molecular weight excluding hydrogens is 356 g/mol. The van der Waals surface area contributed by atoms with E-state index in [0.717, 1.165) is 0 Å². The molecule has 148 valence electrons. The first-order valence-electron chi connectivity index (χ1n) is 8.18. The average molecular weight is 384 g/mol. The fourth-order valence-electron chi connectivity index (χ4n) is 2.20. The third-order valence-electron chi connectivity index (χ3n) is 3.73. The largest absolute Gasteiger partial charge is 0.465 e. The molecule has 9 nitrogen and oxygen atoms in total. The smallest absolute Gasteiger partial charge is 0.315 e. The number of aliphatic hydroxyl groups excluding tert-OH is 5. The van der Waals surface area contributed by atoms with E-state index in [-0.39, 0.29) is 31.1 Å². The molecule has 0 amide bonds. The Kier molecular flexibility index (Phi) is 10.2. The van der Waals surface area contributed by atoms with E-state index in [1.54, 1.807) is 6.92 Å². The van der Waals surface area contributed by atoms with Crippen molar-refractivity contribution < 1.29 is 44.5 Å². The van der Waals surface area contributed by atoms with E-state index in [2.05, 4.69) is 0 Å². The molecule has 5 N–H and O–H groups in total. The molecule has 7 atom stereocenters. The minimum absolute atomic E-state index is 0.0146. The van der Waals surface area contributed by atoms with Gasteiger partial charge in [-0.25, -0.2) is 0 Å². The maximum Gasteiger partial charge on any atom is 0.315 e. The van der Waals surface area contributed by atoms with Gasteiger partial charge in [-0.05, 0) is 20.3 Å². The van der Waals surface area contributed by atoms with Crippen molar-refractivity contribution in [3.63, 3.8) is 0 Å². The van der Waals surface area contributed by atoms with Crippen LogP contribution in [-0.4, -0.2) is 99.1 Å². The number of rotatable bonds is 10. The van der Waals surface area contributed by atoms with E-state index in [1.807, 2.05) is 0 Å². The molecule has 1 rings (SSSR count). The van der Waals surface area contributed by atoms with Crippen LogP contribution in [0.4, 0.5) is 0 Å². The molecule has 0 aromatic heterocycles. The molecule has 3 unspecified atom stereocenters. The zero-order valence-electron chi connectivity index (χ0n) is 14.4. The number of ether oxygens (including phenoxy) is 3. The van der Waals surface area contributed by atoms with E-state index >= 15 is 0 Å². The summed E-state index contributed by atoms with van der Waals surface area (Å²) in [5, 5.41) is 48.6. The Balaban J connectivity index is 2.47. The quantitative estimate of drug-likeness (QED) is 0.275. The molecular formula is C15H28O9S. The maximum absolute atomic E-state index is 11.3. The summed E-state index contributed by atoms with van der Waals surface area (Å²) in [6.07, 6.45) is -8.05. The van der Waals surface area contributed by atoms with Crippen LogP contribution in [0.25, 0.3) is 0 Å². The van der Waals surface area contributed by atoms with Crippen molar-refractivity contribution >= 4 is 17.7 Å². The summed E-state index contributed by atoms with van der Waals surface area (Å²) in [6, 6.07) is 0. The average Bonchev–Trinajstić information content (AvgIpc) is 2.56. The normalized spacial score (nSPS) is 32.2. The first kappa shape index (κ1) is 22.6. The Morgan fingerprint density at radius 1 is 1.20 bits per heavy atom. The highest BCUT2D eigenvalue weighted by atomic mass is 32.2. The second-order valence-electron chi connectivity index (χ2n) is 5.80. The Labute approximate surface area is 150 Å². The Morgan fingerprint density at radius 3 is 2.48 bits per heavy atom. The van der Waals surface area contributed by atoms with Crippen molar-refractivity contribution in [2.24, 2.45) is 0 Å². The lowest BCUT2D eigenvalue weighted by molar-refractivity contribution is -0.293. The number of esters is 1. The van der Waals surface area contributed by atoms with Crippen LogP contribution in [0.2, 0.25) is 0 Å². The monoisotopic (exact) mass is 384 g/mol. The van der Waals surface area contributed by atoms with Gasteiger partial charge in [-0.15, -0.1) is 11.8 Å². The van der Waals surface area contributed by atoms with Crippen LogP contribution >= 0.6 is 11.8 Å². The third kappa shape index (κ3) is 7.35. The zero-order chi connectivity index (χ0) is 19.0. The summed E-state index contributed by atoms with van der Waals surface area (Å²) in [4.78, 5) is 11.3. The maximum atomic E-state index is 11.3. The van der Waals surface area contributed by atoms with Crippen LogP contribution in [0, 0.1) is 0 Å². The van der Waals surface area contributed by atoms with E-state index in [9.17, 15) is 30.3 Å². The van der Waals surface area contributed by atoms with Gasteiger partial charge in [0, 0.05) is 5.75 Å². The fourth-order valence-corrected chi connectivity index (χ4v) is 3.08. The second-order valence-corrected chi connectivity index (χ2v) is 6.83. The van der Waals surface area contributed by atoms with Gasteiger partial charge in [0.05, 0.1) is 37.3 Å². The summed E-state index contributed by atoms with van der Waals surface area (Å²) in [7, 11) is 0. The first-order chi connectivity index (χ1) is 11.8. The van der Waals surface area contributed by atoms with Gasteiger partial charge in [0.1, 0.15) is 18.3 Å². The van der Waals surface area contributed by atoms with E-state index < -0.39 is 48.9 Å². The first-order valence-corrected chi connectivity index (χ1v) is 9.34. The molecule has 1 saturated heterocycles. The van der Waals surface area contributed by atoms with Gasteiger partial charge in [0.15, 0.2) is 6.29 Å². The van der Waals surface area contributed by atoms with Crippen molar-refractivity contribution in [2.45, 2.75) is 63.2 Å². The summed E-state index contributed by atoms with van der Waals surface area (Å²) in [5.41, 5.74) is 0. The lowest BCUT2D eigenvalue weighted by Crippen LogP contribution is -2.59. The third-order valence-corrected chi connectivity index (χ3v) is 4.73. The number of carbonyl (C=O) groups is 1. The number of thioether (sulfide) groups is 1. The van der Waals surface area contributed by atoms with E-state index in [0.29, 0.717) is 0 Å². The number of hydrogen-bond donors (Lipinski definition) is 5. The van der Waals surface area contributed by atoms with Crippen molar-refractivity contribution in [3.8, 4) is 0 Å². The fraction of sp³-hybridized carbons (Fsp3) is 0.933. The minimum atomic E-state index is -1.46. The molecule has 1 aliphatic heterocycles. The molecule has 10 heteroatoms. The molecule has 25 heavy (non-hydrogen) atoms. The highest BCUT2D eigenvalue weighted by Gasteiger charge is 2.44. The van der Waals surface area contributed by atoms with E-state index in [1.165, 1.54) is 18.7 Å². The Morgan fingerprint density at radius 2 is 1.88 bits per heavy atom. The number of hydrogen-bond acceptors (Lipinski definition) is 10. The number of aliphatic hydroxyl groups is 5. The highest BCUT2D eigenvalue weighted by molar-refractivity contribution is 7.99. The van der Waals surface area contributed by atoms with Gasteiger partial charge in [-0.1, -0.05) is 0 Å². The summed E-state index contributed by atoms with van der Waals surface area (Å²) >= 11 is 1.17. The van der Waals surface area contributed by atoms with Gasteiger partial charge in [-0.2, -0.15) is 0 Å². The van der Waals surface area contributed by atoms with Crippen molar-refractivity contribution in [1.29, 1.82) is 0 Å². The minimum Gasteiger partial charge on any atom is -0.465 e. The van der Waals surface area contributed by atoms with Crippen molar-refractivity contribution in [3.05, 3.63) is 0 Å². The Hall–Kier alpha value is -0.460. The van der Waals surface area contributed by atoms with Crippen LogP contribution < -0.4 is 0 Å². The summed E-state index contributed by atoms with van der Waals surface area (Å²) in [5.74, 6) is -0.122. The summed E-state index contributed by atoms with van der Waals surface area (Å²) in [6.45, 7) is 3.40. The molecule has 0 saturated carbocycles.